The number of sulfonamides is 1. The molecule has 1 amide bonds. The highest BCUT2D eigenvalue weighted by Gasteiger charge is 2.40. The fourth-order valence-electron chi connectivity index (χ4n) is 4.75. The van der Waals surface area contributed by atoms with Crippen LogP contribution in [0.1, 0.15) is 36.2 Å². The molecule has 0 radical (unpaired) electrons. The van der Waals surface area contributed by atoms with E-state index in [4.69, 9.17) is 16.6 Å². The van der Waals surface area contributed by atoms with E-state index >= 15 is 0 Å². The lowest BCUT2D eigenvalue weighted by atomic mass is 10.0. The van der Waals surface area contributed by atoms with Crippen LogP contribution in [0.2, 0.25) is 5.02 Å². The molecule has 0 aliphatic carbocycles. The molecule has 0 N–H and O–H groups in total. The third-order valence-electron chi connectivity index (χ3n) is 6.67. The molecule has 0 saturated carbocycles. The van der Waals surface area contributed by atoms with E-state index in [1.165, 1.54) is 27.0 Å². The minimum Gasteiger partial charge on any atom is -0.285 e. The number of hydrogen-bond acceptors (Lipinski definition) is 7. The first kappa shape index (κ1) is 26.3. The Morgan fingerprint density at radius 3 is 2.73 bits per heavy atom. The molecule has 37 heavy (non-hydrogen) atoms. The van der Waals surface area contributed by atoms with Crippen LogP contribution in [-0.2, 0) is 21.4 Å². The van der Waals surface area contributed by atoms with Gasteiger partial charge in [0.2, 0.25) is 5.91 Å². The molecule has 1 aliphatic heterocycles. The summed E-state index contributed by atoms with van der Waals surface area (Å²) < 4.78 is 31.4. The molecule has 12 heteroatoms. The number of rotatable bonds is 7. The van der Waals surface area contributed by atoms with Crippen LogP contribution in [0, 0.1) is 20.8 Å². The van der Waals surface area contributed by atoms with Gasteiger partial charge in [0.05, 0.1) is 22.5 Å². The quantitative estimate of drug-likeness (QED) is 0.293. The molecule has 1 unspecified atom stereocenters. The van der Waals surface area contributed by atoms with Crippen LogP contribution >= 0.6 is 34.3 Å². The van der Waals surface area contributed by atoms with Crippen LogP contribution in [0.5, 0.6) is 0 Å². The molecular formula is C25H28ClN5O3S3. The van der Waals surface area contributed by atoms with Crippen molar-refractivity contribution >= 4 is 65.6 Å². The average Bonchev–Trinajstić information content (AvgIpc) is 3.62. The van der Waals surface area contributed by atoms with Gasteiger partial charge >= 0.3 is 0 Å². The number of fused-ring (bicyclic) bond motifs is 1. The Morgan fingerprint density at radius 1 is 1.22 bits per heavy atom. The van der Waals surface area contributed by atoms with E-state index in [0.717, 1.165) is 40.0 Å². The number of thiophene rings is 1. The zero-order valence-corrected chi connectivity index (χ0v) is 24.1. The monoisotopic (exact) mass is 577 g/mol. The molecule has 0 spiro atoms. The molecule has 1 saturated heterocycles. The second-order valence-corrected chi connectivity index (χ2v) is 13.7. The molecular weight excluding hydrogens is 550 g/mol. The lowest BCUT2D eigenvalue weighted by molar-refractivity contribution is -0.123. The van der Waals surface area contributed by atoms with Gasteiger partial charge in [0.15, 0.2) is 5.13 Å². The van der Waals surface area contributed by atoms with Crippen molar-refractivity contribution in [3.05, 3.63) is 57.7 Å². The SMILES string of the molecule is Cc1cc(C)n(CCN(C(=O)C2CCCCN2S(=O)(=O)c2cccs2)c2nc3c(C)c(Cl)ccc3s2)n1. The van der Waals surface area contributed by atoms with Crippen LogP contribution in [-0.4, -0.2) is 52.5 Å². The summed E-state index contributed by atoms with van der Waals surface area (Å²) in [5, 5.41) is 7.43. The number of carbonyl (C=O) groups excluding carboxylic acids is 1. The number of anilines is 1. The lowest BCUT2D eigenvalue weighted by Crippen LogP contribution is -2.53. The topological polar surface area (TPSA) is 88.4 Å². The Hall–Kier alpha value is -2.31. The van der Waals surface area contributed by atoms with E-state index in [1.54, 1.807) is 22.4 Å². The summed E-state index contributed by atoms with van der Waals surface area (Å²) in [5.41, 5.74) is 3.51. The van der Waals surface area contributed by atoms with Crippen LogP contribution in [0.15, 0.2) is 39.9 Å². The molecule has 1 aromatic carbocycles. The van der Waals surface area contributed by atoms with E-state index in [9.17, 15) is 13.2 Å². The number of thiazole rings is 1. The van der Waals surface area contributed by atoms with Crippen molar-refractivity contribution in [3.8, 4) is 0 Å². The third-order valence-corrected chi connectivity index (χ3v) is 11.4. The molecule has 1 atom stereocenters. The van der Waals surface area contributed by atoms with E-state index in [2.05, 4.69) is 5.10 Å². The normalized spacial score (nSPS) is 16.9. The van der Waals surface area contributed by atoms with Crippen molar-refractivity contribution in [1.82, 2.24) is 19.1 Å². The maximum Gasteiger partial charge on any atom is 0.253 e. The highest BCUT2D eigenvalue weighted by atomic mass is 35.5. The standard InChI is InChI=1S/C25H28ClN5O3S3/c1-16-15-17(2)30(28-16)13-12-29(25-27-23-18(3)19(26)9-10-21(23)36-25)24(32)20-7-4-5-11-31(20)37(33,34)22-8-6-14-35-22/h6,8-10,14-15,20H,4-5,7,11-13H2,1-3H3. The molecule has 196 valence electrons. The Morgan fingerprint density at radius 2 is 2.03 bits per heavy atom. The number of halogens is 1. The third kappa shape index (κ3) is 5.07. The van der Waals surface area contributed by atoms with Crippen LogP contribution in [0.25, 0.3) is 10.2 Å². The molecule has 8 nitrogen and oxygen atoms in total. The van der Waals surface area contributed by atoms with Crippen molar-refractivity contribution < 1.29 is 13.2 Å². The number of nitrogens with zero attached hydrogens (tertiary/aromatic N) is 5. The van der Waals surface area contributed by atoms with Crippen molar-refractivity contribution in [2.45, 2.75) is 56.8 Å². The summed E-state index contributed by atoms with van der Waals surface area (Å²) in [6.45, 7) is 6.92. The molecule has 1 fully saturated rings. The van der Waals surface area contributed by atoms with Crippen molar-refractivity contribution in [2.24, 2.45) is 0 Å². The summed E-state index contributed by atoms with van der Waals surface area (Å²) >= 11 is 8.92. The Kier molecular flexibility index (Phi) is 7.43. The predicted molar refractivity (Wildman–Crippen MR) is 149 cm³/mol. The lowest BCUT2D eigenvalue weighted by Gasteiger charge is -2.35. The second-order valence-electron chi connectivity index (χ2n) is 9.22. The maximum absolute atomic E-state index is 14.2. The fourth-order valence-corrected chi connectivity index (χ4v) is 8.73. The minimum absolute atomic E-state index is 0.256. The maximum atomic E-state index is 14.2. The summed E-state index contributed by atoms with van der Waals surface area (Å²) in [5.74, 6) is -0.260. The zero-order valence-electron chi connectivity index (χ0n) is 20.8. The van der Waals surface area contributed by atoms with Gasteiger partial charge in [-0.2, -0.15) is 9.40 Å². The summed E-state index contributed by atoms with van der Waals surface area (Å²) in [7, 11) is -3.78. The first-order chi connectivity index (χ1) is 17.7. The van der Waals surface area contributed by atoms with Crippen molar-refractivity contribution in [1.29, 1.82) is 0 Å². The van der Waals surface area contributed by atoms with E-state index in [0.29, 0.717) is 36.2 Å². The van der Waals surface area contributed by atoms with Gasteiger partial charge in [0.1, 0.15) is 10.3 Å². The Labute approximate surface area is 229 Å². The highest BCUT2D eigenvalue weighted by Crippen LogP contribution is 2.35. The van der Waals surface area contributed by atoms with Crippen molar-refractivity contribution in [2.75, 3.05) is 18.0 Å². The van der Waals surface area contributed by atoms with Crippen LogP contribution in [0.4, 0.5) is 5.13 Å². The smallest absolute Gasteiger partial charge is 0.253 e. The predicted octanol–water partition coefficient (Wildman–Crippen LogP) is 5.41. The Balaban J connectivity index is 1.53. The van der Waals surface area contributed by atoms with Crippen LogP contribution in [0.3, 0.4) is 0 Å². The molecule has 1 aliphatic rings. The first-order valence-electron chi connectivity index (χ1n) is 12.1. The van der Waals surface area contributed by atoms with Gasteiger partial charge in [-0.3, -0.25) is 14.4 Å². The van der Waals surface area contributed by atoms with Gasteiger partial charge in [-0.15, -0.1) is 11.3 Å². The first-order valence-corrected chi connectivity index (χ1v) is 15.6. The number of aromatic nitrogens is 3. The van der Waals surface area contributed by atoms with Gasteiger partial charge < -0.3 is 0 Å². The van der Waals surface area contributed by atoms with Gasteiger partial charge in [-0.05, 0) is 68.8 Å². The van der Waals surface area contributed by atoms with Gasteiger partial charge in [0, 0.05) is 23.8 Å². The number of benzene rings is 1. The van der Waals surface area contributed by atoms with Gasteiger partial charge in [0.25, 0.3) is 10.0 Å². The zero-order chi connectivity index (χ0) is 26.3. The number of amides is 1. The molecule has 3 aromatic heterocycles. The molecule has 0 bridgehead atoms. The largest absolute Gasteiger partial charge is 0.285 e. The summed E-state index contributed by atoms with van der Waals surface area (Å²) in [4.78, 5) is 20.6. The number of carbonyl (C=O) groups is 1. The Bertz CT molecular complexity index is 1550. The number of piperidine rings is 1. The van der Waals surface area contributed by atoms with Gasteiger partial charge in [-0.25, -0.2) is 13.4 Å². The summed E-state index contributed by atoms with van der Waals surface area (Å²) in [6.07, 6.45) is 1.97. The molecule has 4 aromatic rings. The van der Waals surface area contributed by atoms with Crippen LogP contribution < -0.4 is 4.90 Å². The van der Waals surface area contributed by atoms with Gasteiger partial charge in [-0.1, -0.05) is 35.4 Å². The number of aryl methyl sites for hydroxylation is 3. The molecule has 5 rings (SSSR count). The highest BCUT2D eigenvalue weighted by molar-refractivity contribution is 7.91. The second kappa shape index (κ2) is 10.5. The van der Waals surface area contributed by atoms with E-state index in [1.807, 2.05) is 43.7 Å². The minimum atomic E-state index is -3.78. The fraction of sp³-hybridized carbons (Fsp3) is 0.400. The number of hydrogen-bond donors (Lipinski definition) is 0. The van der Waals surface area contributed by atoms with Crippen molar-refractivity contribution in [3.63, 3.8) is 0 Å². The van der Waals surface area contributed by atoms with E-state index in [-0.39, 0.29) is 10.1 Å². The summed E-state index contributed by atoms with van der Waals surface area (Å²) in [6, 6.07) is 8.25. The molecule has 4 heterocycles. The van der Waals surface area contributed by atoms with E-state index < -0.39 is 16.1 Å². The average molecular weight is 578 g/mol.